The van der Waals surface area contributed by atoms with Crippen molar-refractivity contribution in [1.82, 2.24) is 15.4 Å². The maximum Gasteiger partial charge on any atom is 0.115 e. The van der Waals surface area contributed by atoms with Crippen LogP contribution in [0.5, 0.6) is 0 Å². The minimum atomic E-state index is 0.328. The van der Waals surface area contributed by atoms with E-state index in [9.17, 15) is 0 Å². The number of hydrogen-bond donors (Lipinski definition) is 2. The van der Waals surface area contributed by atoms with E-state index < -0.39 is 0 Å². The lowest BCUT2D eigenvalue weighted by Crippen LogP contribution is -2.23. The number of methoxy groups -OCH3 is 1. The fourth-order valence-electron chi connectivity index (χ4n) is 1.63. The molecule has 1 unspecified atom stereocenters. The van der Waals surface area contributed by atoms with Crippen LogP contribution in [0.1, 0.15) is 13.3 Å². The number of nitrogens with zero attached hydrogens (tertiary/aromatic N) is 2. The summed E-state index contributed by atoms with van der Waals surface area (Å²) < 4.78 is 5.14. The Morgan fingerprint density at radius 1 is 1.38 bits per heavy atom. The van der Waals surface area contributed by atoms with E-state index in [0.717, 1.165) is 23.1 Å². The largest absolute Gasteiger partial charge is 0.383 e. The standard InChI is InChI=1S/C11H16N4O/c1-3-8(7-16-2)12-9-4-5-10-11(6-9)14-15-13-10/h4-6,8,12H,3,7H2,1-2H3,(H,13,14,15). The Kier molecular flexibility index (Phi) is 3.36. The van der Waals surface area contributed by atoms with Crippen molar-refractivity contribution in [3.05, 3.63) is 18.2 Å². The van der Waals surface area contributed by atoms with E-state index in [1.54, 1.807) is 7.11 Å². The van der Waals surface area contributed by atoms with Crippen LogP contribution in [0.2, 0.25) is 0 Å². The summed E-state index contributed by atoms with van der Waals surface area (Å²) in [5.74, 6) is 0. The van der Waals surface area contributed by atoms with E-state index in [1.807, 2.05) is 18.2 Å². The van der Waals surface area contributed by atoms with Crippen molar-refractivity contribution in [2.45, 2.75) is 19.4 Å². The smallest absolute Gasteiger partial charge is 0.115 e. The van der Waals surface area contributed by atoms with E-state index in [2.05, 4.69) is 27.7 Å². The molecule has 2 aromatic rings. The molecule has 2 N–H and O–H groups in total. The second kappa shape index (κ2) is 4.94. The maximum atomic E-state index is 5.14. The molecule has 2 rings (SSSR count). The Bertz CT molecular complexity index is 454. The Morgan fingerprint density at radius 2 is 2.19 bits per heavy atom. The highest BCUT2D eigenvalue weighted by atomic mass is 16.5. The average molecular weight is 220 g/mol. The predicted molar refractivity (Wildman–Crippen MR) is 63.5 cm³/mol. The van der Waals surface area contributed by atoms with E-state index >= 15 is 0 Å². The molecule has 0 fully saturated rings. The van der Waals surface area contributed by atoms with Crippen molar-refractivity contribution < 1.29 is 4.74 Å². The van der Waals surface area contributed by atoms with Gasteiger partial charge in [-0.15, -0.1) is 0 Å². The van der Waals surface area contributed by atoms with Gasteiger partial charge in [-0.3, -0.25) is 0 Å². The summed E-state index contributed by atoms with van der Waals surface area (Å²) in [5, 5.41) is 14.1. The molecule has 1 aromatic carbocycles. The zero-order valence-corrected chi connectivity index (χ0v) is 9.53. The zero-order valence-electron chi connectivity index (χ0n) is 9.53. The van der Waals surface area contributed by atoms with Crippen molar-refractivity contribution >= 4 is 16.7 Å². The van der Waals surface area contributed by atoms with Crippen molar-refractivity contribution in [2.75, 3.05) is 19.0 Å². The molecule has 86 valence electrons. The highest BCUT2D eigenvalue weighted by Gasteiger charge is 2.06. The Labute approximate surface area is 94.2 Å². The first-order chi connectivity index (χ1) is 7.83. The summed E-state index contributed by atoms with van der Waals surface area (Å²) >= 11 is 0. The molecule has 1 heterocycles. The van der Waals surface area contributed by atoms with Crippen LogP contribution in [0, 0.1) is 0 Å². The third-order valence-electron chi connectivity index (χ3n) is 2.55. The number of aromatic nitrogens is 3. The van der Waals surface area contributed by atoms with Gasteiger partial charge in [0.05, 0.1) is 6.61 Å². The van der Waals surface area contributed by atoms with Gasteiger partial charge in [-0.05, 0) is 24.6 Å². The van der Waals surface area contributed by atoms with Gasteiger partial charge in [0.25, 0.3) is 0 Å². The first-order valence-corrected chi connectivity index (χ1v) is 5.39. The topological polar surface area (TPSA) is 62.8 Å². The van der Waals surface area contributed by atoms with Crippen LogP contribution in [0.25, 0.3) is 11.0 Å². The molecule has 1 atom stereocenters. The van der Waals surface area contributed by atoms with Crippen molar-refractivity contribution in [3.63, 3.8) is 0 Å². The summed E-state index contributed by atoms with van der Waals surface area (Å²) in [7, 11) is 1.71. The molecule has 0 saturated heterocycles. The molecule has 0 aliphatic rings. The Balaban J connectivity index is 2.13. The lowest BCUT2D eigenvalue weighted by atomic mass is 10.2. The second-order valence-electron chi connectivity index (χ2n) is 3.73. The lowest BCUT2D eigenvalue weighted by molar-refractivity contribution is 0.184. The second-order valence-corrected chi connectivity index (χ2v) is 3.73. The molecular formula is C11H16N4O. The number of hydrogen-bond acceptors (Lipinski definition) is 4. The van der Waals surface area contributed by atoms with Crippen LogP contribution in [0.4, 0.5) is 5.69 Å². The summed E-state index contributed by atoms with van der Waals surface area (Å²) in [6.07, 6.45) is 1.02. The van der Waals surface area contributed by atoms with E-state index in [4.69, 9.17) is 4.74 Å². The van der Waals surface area contributed by atoms with Crippen LogP contribution in [0.3, 0.4) is 0 Å². The highest BCUT2D eigenvalue weighted by molar-refractivity contribution is 5.77. The molecule has 0 bridgehead atoms. The van der Waals surface area contributed by atoms with Crippen LogP contribution in [-0.4, -0.2) is 35.2 Å². The number of rotatable bonds is 5. The van der Waals surface area contributed by atoms with Gasteiger partial charge in [-0.1, -0.05) is 6.92 Å². The van der Waals surface area contributed by atoms with Crippen molar-refractivity contribution in [3.8, 4) is 0 Å². The molecule has 0 radical (unpaired) electrons. The monoisotopic (exact) mass is 220 g/mol. The normalized spacial score (nSPS) is 12.9. The first-order valence-electron chi connectivity index (χ1n) is 5.39. The average Bonchev–Trinajstić information content (AvgIpc) is 2.75. The lowest BCUT2D eigenvalue weighted by Gasteiger charge is -2.16. The molecule has 16 heavy (non-hydrogen) atoms. The van der Waals surface area contributed by atoms with Gasteiger partial charge in [0.2, 0.25) is 0 Å². The van der Waals surface area contributed by atoms with Gasteiger partial charge in [0, 0.05) is 18.8 Å². The molecule has 5 heteroatoms. The molecule has 0 amide bonds. The number of benzene rings is 1. The van der Waals surface area contributed by atoms with Crippen LogP contribution in [0.15, 0.2) is 18.2 Å². The number of H-pyrrole nitrogens is 1. The fraction of sp³-hybridized carbons (Fsp3) is 0.455. The number of ether oxygens (including phenoxy) is 1. The minimum absolute atomic E-state index is 0.328. The van der Waals surface area contributed by atoms with Crippen LogP contribution in [-0.2, 0) is 4.74 Å². The minimum Gasteiger partial charge on any atom is -0.383 e. The van der Waals surface area contributed by atoms with E-state index in [-0.39, 0.29) is 0 Å². The molecule has 0 aliphatic heterocycles. The summed E-state index contributed by atoms with van der Waals surface area (Å²) in [5.41, 5.74) is 2.80. The van der Waals surface area contributed by atoms with E-state index in [1.165, 1.54) is 0 Å². The highest BCUT2D eigenvalue weighted by Crippen LogP contribution is 2.16. The van der Waals surface area contributed by atoms with Gasteiger partial charge >= 0.3 is 0 Å². The number of aromatic amines is 1. The quantitative estimate of drug-likeness (QED) is 0.806. The predicted octanol–water partition coefficient (Wildman–Crippen LogP) is 1.79. The Hall–Kier alpha value is -1.62. The van der Waals surface area contributed by atoms with Gasteiger partial charge in [-0.2, -0.15) is 15.4 Å². The molecule has 1 aromatic heterocycles. The third-order valence-corrected chi connectivity index (χ3v) is 2.55. The SMILES string of the molecule is CCC(COC)Nc1ccc2n[nH]nc2c1. The van der Waals surface area contributed by atoms with E-state index in [0.29, 0.717) is 12.6 Å². The van der Waals surface area contributed by atoms with Crippen molar-refractivity contribution in [1.29, 1.82) is 0 Å². The number of anilines is 1. The Morgan fingerprint density at radius 3 is 2.94 bits per heavy atom. The van der Waals surface area contributed by atoms with Crippen molar-refractivity contribution in [2.24, 2.45) is 0 Å². The molecule has 5 nitrogen and oxygen atoms in total. The number of fused-ring (bicyclic) bond motifs is 1. The van der Waals surface area contributed by atoms with Gasteiger partial charge < -0.3 is 10.1 Å². The number of nitrogens with one attached hydrogen (secondary N) is 2. The third kappa shape index (κ3) is 2.30. The van der Waals surface area contributed by atoms with Gasteiger partial charge in [0.1, 0.15) is 11.0 Å². The molecule has 0 saturated carbocycles. The molecule has 0 aliphatic carbocycles. The first kappa shape index (κ1) is 10.9. The molecular weight excluding hydrogens is 204 g/mol. The zero-order chi connectivity index (χ0) is 11.4. The van der Waals surface area contributed by atoms with Gasteiger partial charge in [0.15, 0.2) is 0 Å². The summed E-state index contributed by atoms with van der Waals surface area (Å²) in [6.45, 7) is 2.83. The molecule has 0 spiro atoms. The van der Waals surface area contributed by atoms with Crippen LogP contribution >= 0.6 is 0 Å². The summed E-state index contributed by atoms with van der Waals surface area (Å²) in [4.78, 5) is 0. The van der Waals surface area contributed by atoms with Crippen LogP contribution < -0.4 is 5.32 Å². The maximum absolute atomic E-state index is 5.14. The fourth-order valence-corrected chi connectivity index (χ4v) is 1.63. The van der Waals surface area contributed by atoms with Gasteiger partial charge in [-0.25, -0.2) is 0 Å². The summed E-state index contributed by atoms with van der Waals surface area (Å²) in [6, 6.07) is 6.26.